The molecular formula is C18H21NO6S. The van der Waals surface area contributed by atoms with Gasteiger partial charge in [-0.25, -0.2) is 13.1 Å². The summed E-state index contributed by atoms with van der Waals surface area (Å²) in [5.41, 5.74) is 0. The van der Waals surface area contributed by atoms with Crippen molar-refractivity contribution in [2.24, 2.45) is 0 Å². The van der Waals surface area contributed by atoms with E-state index in [4.69, 9.17) is 14.2 Å². The summed E-state index contributed by atoms with van der Waals surface area (Å²) in [5, 5.41) is 0. The highest BCUT2D eigenvalue weighted by Gasteiger charge is 2.13. The summed E-state index contributed by atoms with van der Waals surface area (Å²) in [5.74, 6) is 0.647. The molecule has 0 bridgehead atoms. The summed E-state index contributed by atoms with van der Waals surface area (Å²) < 4.78 is 42.0. The number of hydrogen-bond donors (Lipinski definition) is 1. The van der Waals surface area contributed by atoms with Gasteiger partial charge in [0.15, 0.2) is 11.5 Å². The molecule has 0 radical (unpaired) electrons. The summed E-state index contributed by atoms with van der Waals surface area (Å²) in [7, 11) is -2.06. The van der Waals surface area contributed by atoms with Crippen molar-refractivity contribution in [1.29, 1.82) is 0 Å². The van der Waals surface area contributed by atoms with E-state index in [0.29, 0.717) is 11.5 Å². The highest BCUT2D eigenvalue weighted by molar-refractivity contribution is 7.89. The van der Waals surface area contributed by atoms with Gasteiger partial charge in [-0.05, 0) is 24.3 Å². The van der Waals surface area contributed by atoms with Crippen LogP contribution in [0.25, 0.3) is 0 Å². The van der Waals surface area contributed by atoms with E-state index in [-0.39, 0.29) is 31.1 Å². The third kappa shape index (κ3) is 6.05. The molecular weight excluding hydrogens is 358 g/mol. The lowest BCUT2D eigenvalue weighted by Crippen LogP contribution is -2.28. The van der Waals surface area contributed by atoms with E-state index in [9.17, 15) is 13.2 Å². The Morgan fingerprint density at radius 3 is 2.31 bits per heavy atom. The molecule has 0 fully saturated rings. The maximum atomic E-state index is 12.0. The van der Waals surface area contributed by atoms with Crippen LogP contribution in [-0.2, 0) is 19.6 Å². The Hall–Kier alpha value is -2.58. The molecule has 0 saturated carbocycles. The fraction of sp³-hybridized carbons (Fsp3) is 0.278. The normalized spacial score (nSPS) is 11.0. The second-order valence-electron chi connectivity index (χ2n) is 5.18. The van der Waals surface area contributed by atoms with Crippen LogP contribution < -0.4 is 14.2 Å². The number of sulfonamides is 1. The fourth-order valence-electron chi connectivity index (χ4n) is 2.08. The standard InChI is InChI=1S/C18H21NO6S/c1-23-16-9-5-6-10-17(16)24-13-11-18(20)25-14-12-19-26(21,22)15-7-3-2-4-8-15/h2-10,19H,11-14H2,1H3. The van der Waals surface area contributed by atoms with Crippen molar-refractivity contribution in [3.8, 4) is 11.5 Å². The van der Waals surface area contributed by atoms with Gasteiger partial charge in [-0.3, -0.25) is 4.79 Å². The number of para-hydroxylation sites is 2. The van der Waals surface area contributed by atoms with Crippen LogP contribution >= 0.6 is 0 Å². The Morgan fingerprint density at radius 1 is 0.962 bits per heavy atom. The fourth-order valence-corrected chi connectivity index (χ4v) is 3.11. The van der Waals surface area contributed by atoms with Crippen LogP contribution in [0.1, 0.15) is 6.42 Å². The lowest BCUT2D eigenvalue weighted by atomic mass is 10.3. The first-order chi connectivity index (χ1) is 12.5. The Morgan fingerprint density at radius 2 is 1.62 bits per heavy atom. The van der Waals surface area contributed by atoms with Crippen molar-refractivity contribution in [2.45, 2.75) is 11.3 Å². The average Bonchev–Trinajstić information content (AvgIpc) is 2.66. The van der Waals surface area contributed by atoms with E-state index in [1.807, 2.05) is 6.07 Å². The van der Waals surface area contributed by atoms with E-state index in [2.05, 4.69) is 4.72 Å². The molecule has 0 aromatic heterocycles. The molecule has 0 aliphatic rings. The van der Waals surface area contributed by atoms with Crippen LogP contribution in [0.15, 0.2) is 59.5 Å². The van der Waals surface area contributed by atoms with E-state index < -0.39 is 16.0 Å². The molecule has 2 aromatic carbocycles. The van der Waals surface area contributed by atoms with E-state index in [1.165, 1.54) is 19.2 Å². The SMILES string of the molecule is COc1ccccc1OCCC(=O)OCCNS(=O)(=O)c1ccccc1. The average molecular weight is 379 g/mol. The first-order valence-electron chi connectivity index (χ1n) is 7.99. The third-order valence-corrected chi connectivity index (χ3v) is 4.82. The zero-order chi connectivity index (χ0) is 18.8. The minimum Gasteiger partial charge on any atom is -0.493 e. The first kappa shape index (κ1) is 19.7. The van der Waals surface area contributed by atoms with Crippen molar-refractivity contribution >= 4 is 16.0 Å². The predicted octanol–water partition coefficient (Wildman–Crippen LogP) is 1.99. The van der Waals surface area contributed by atoms with Crippen molar-refractivity contribution < 1.29 is 27.4 Å². The summed E-state index contributed by atoms with van der Waals surface area (Å²) in [6, 6.07) is 15.1. The number of esters is 1. The zero-order valence-corrected chi connectivity index (χ0v) is 15.2. The third-order valence-electron chi connectivity index (χ3n) is 3.34. The molecule has 26 heavy (non-hydrogen) atoms. The Kier molecular flexibility index (Phi) is 7.43. The Balaban J connectivity index is 1.66. The number of carbonyl (C=O) groups is 1. The number of carbonyl (C=O) groups excluding carboxylic acids is 1. The molecule has 2 rings (SSSR count). The first-order valence-corrected chi connectivity index (χ1v) is 9.47. The molecule has 7 nitrogen and oxygen atoms in total. The van der Waals surface area contributed by atoms with Gasteiger partial charge < -0.3 is 14.2 Å². The molecule has 0 saturated heterocycles. The second kappa shape index (κ2) is 9.79. The number of methoxy groups -OCH3 is 1. The molecule has 0 unspecified atom stereocenters. The van der Waals surface area contributed by atoms with Crippen LogP contribution in [0, 0.1) is 0 Å². The lowest BCUT2D eigenvalue weighted by Gasteiger charge is -2.10. The summed E-state index contributed by atoms with van der Waals surface area (Å²) in [6.07, 6.45) is 0.0451. The number of benzene rings is 2. The van der Waals surface area contributed by atoms with Crippen molar-refractivity contribution in [1.82, 2.24) is 4.72 Å². The van der Waals surface area contributed by atoms with E-state index in [1.54, 1.807) is 36.4 Å². The number of rotatable bonds is 10. The predicted molar refractivity (Wildman–Crippen MR) is 95.7 cm³/mol. The lowest BCUT2D eigenvalue weighted by molar-refractivity contribution is -0.143. The maximum Gasteiger partial charge on any atom is 0.309 e. The summed E-state index contributed by atoms with van der Waals surface area (Å²) in [6.45, 7) is 0.0742. The molecule has 0 aliphatic carbocycles. The molecule has 0 heterocycles. The number of nitrogens with one attached hydrogen (secondary N) is 1. The summed E-state index contributed by atoms with van der Waals surface area (Å²) in [4.78, 5) is 11.8. The van der Waals surface area contributed by atoms with Crippen LogP contribution in [0.3, 0.4) is 0 Å². The van der Waals surface area contributed by atoms with Gasteiger partial charge >= 0.3 is 5.97 Å². The number of hydrogen-bond acceptors (Lipinski definition) is 6. The minimum absolute atomic E-state index is 0.00364. The van der Waals surface area contributed by atoms with Crippen LogP contribution in [0.2, 0.25) is 0 Å². The van der Waals surface area contributed by atoms with Gasteiger partial charge in [0.2, 0.25) is 10.0 Å². The van der Waals surface area contributed by atoms with Crippen molar-refractivity contribution in [3.05, 3.63) is 54.6 Å². The summed E-state index contributed by atoms with van der Waals surface area (Å²) >= 11 is 0. The zero-order valence-electron chi connectivity index (χ0n) is 14.4. The Bertz CT molecular complexity index is 807. The maximum absolute atomic E-state index is 12.0. The molecule has 0 amide bonds. The molecule has 140 valence electrons. The quantitative estimate of drug-likeness (QED) is 0.501. The molecule has 1 N–H and O–H groups in total. The van der Waals surface area contributed by atoms with Gasteiger partial charge in [0.05, 0.1) is 25.0 Å². The second-order valence-corrected chi connectivity index (χ2v) is 6.95. The largest absolute Gasteiger partial charge is 0.493 e. The Labute approximate surface area is 152 Å². The van der Waals surface area contributed by atoms with Gasteiger partial charge in [0, 0.05) is 6.54 Å². The topological polar surface area (TPSA) is 90.9 Å². The van der Waals surface area contributed by atoms with Gasteiger partial charge in [-0.1, -0.05) is 30.3 Å². The molecule has 2 aromatic rings. The van der Waals surface area contributed by atoms with Crippen molar-refractivity contribution in [3.63, 3.8) is 0 Å². The smallest absolute Gasteiger partial charge is 0.309 e. The van der Waals surface area contributed by atoms with Gasteiger partial charge in [0.1, 0.15) is 6.61 Å². The van der Waals surface area contributed by atoms with Gasteiger partial charge in [-0.2, -0.15) is 0 Å². The highest BCUT2D eigenvalue weighted by Crippen LogP contribution is 2.25. The van der Waals surface area contributed by atoms with Gasteiger partial charge in [-0.15, -0.1) is 0 Å². The van der Waals surface area contributed by atoms with E-state index in [0.717, 1.165) is 0 Å². The van der Waals surface area contributed by atoms with Crippen molar-refractivity contribution in [2.75, 3.05) is 26.9 Å². The van der Waals surface area contributed by atoms with E-state index >= 15 is 0 Å². The highest BCUT2D eigenvalue weighted by atomic mass is 32.2. The van der Waals surface area contributed by atoms with Crippen LogP contribution in [0.4, 0.5) is 0 Å². The molecule has 8 heteroatoms. The molecule has 0 spiro atoms. The molecule has 0 aliphatic heterocycles. The van der Waals surface area contributed by atoms with Crippen LogP contribution in [0.5, 0.6) is 11.5 Å². The monoisotopic (exact) mass is 379 g/mol. The minimum atomic E-state index is -3.60. The number of ether oxygens (including phenoxy) is 3. The molecule has 0 atom stereocenters. The van der Waals surface area contributed by atoms with Crippen LogP contribution in [-0.4, -0.2) is 41.3 Å². The van der Waals surface area contributed by atoms with Gasteiger partial charge in [0.25, 0.3) is 0 Å².